The Hall–Kier alpha value is -1.13. The quantitative estimate of drug-likeness (QED) is 0.715. The van der Waals surface area contributed by atoms with E-state index in [0.717, 1.165) is 12.0 Å². The van der Waals surface area contributed by atoms with E-state index in [1.807, 2.05) is 6.92 Å². The molecule has 0 atom stereocenters. The van der Waals surface area contributed by atoms with E-state index in [1.54, 1.807) is 0 Å². The van der Waals surface area contributed by atoms with Gasteiger partial charge in [0.2, 0.25) is 5.82 Å². The maximum atomic E-state index is 12.0. The van der Waals surface area contributed by atoms with Crippen molar-refractivity contribution in [2.75, 3.05) is 0 Å². The van der Waals surface area contributed by atoms with Gasteiger partial charge in [-0.3, -0.25) is 0 Å². The molecule has 0 radical (unpaired) electrons. The van der Waals surface area contributed by atoms with Crippen LogP contribution in [0.2, 0.25) is 0 Å². The second-order valence-electron chi connectivity index (χ2n) is 2.66. The van der Waals surface area contributed by atoms with Gasteiger partial charge in [0.05, 0.1) is 0 Å². The van der Waals surface area contributed by atoms with Gasteiger partial charge in [0.15, 0.2) is 0 Å². The second kappa shape index (κ2) is 3.72. The molecule has 1 aromatic heterocycles. The highest BCUT2D eigenvalue weighted by molar-refractivity contribution is 5.06. The highest BCUT2D eigenvalue weighted by Crippen LogP contribution is 2.25. The number of aromatic nitrogens is 2. The largest absolute Gasteiger partial charge is 0.451 e. The fourth-order valence-electron chi connectivity index (χ4n) is 0.919. The van der Waals surface area contributed by atoms with Crippen LogP contribution in [-0.2, 0) is 12.6 Å². The summed E-state index contributed by atoms with van der Waals surface area (Å²) in [4.78, 5) is 6.46. The average Bonchev–Trinajstić information content (AvgIpc) is 2.04. The zero-order valence-corrected chi connectivity index (χ0v) is 7.10. The lowest BCUT2D eigenvalue weighted by Crippen LogP contribution is -2.10. The van der Waals surface area contributed by atoms with Gasteiger partial charge >= 0.3 is 6.18 Å². The van der Waals surface area contributed by atoms with Gasteiger partial charge in [-0.05, 0) is 12.0 Å². The Morgan fingerprint density at radius 2 is 1.77 bits per heavy atom. The molecule has 0 aliphatic rings. The molecular weight excluding hydrogens is 181 g/mol. The summed E-state index contributed by atoms with van der Waals surface area (Å²) in [5, 5.41) is 0. The van der Waals surface area contributed by atoms with Crippen molar-refractivity contribution in [2.45, 2.75) is 25.9 Å². The average molecular weight is 190 g/mol. The van der Waals surface area contributed by atoms with Crippen molar-refractivity contribution >= 4 is 0 Å². The van der Waals surface area contributed by atoms with Crippen LogP contribution < -0.4 is 0 Å². The zero-order valence-electron chi connectivity index (χ0n) is 7.10. The fraction of sp³-hybridized carbons (Fsp3) is 0.500. The number of nitrogens with zero attached hydrogens (tertiary/aromatic N) is 2. The van der Waals surface area contributed by atoms with E-state index in [0.29, 0.717) is 6.42 Å². The molecule has 0 fully saturated rings. The molecule has 0 aliphatic carbocycles. The Morgan fingerprint density at radius 3 is 2.15 bits per heavy atom. The first-order valence-electron chi connectivity index (χ1n) is 3.92. The van der Waals surface area contributed by atoms with Crippen molar-refractivity contribution in [3.63, 3.8) is 0 Å². The molecule has 0 saturated heterocycles. The third kappa shape index (κ3) is 2.68. The molecule has 0 aromatic carbocycles. The first-order valence-corrected chi connectivity index (χ1v) is 3.92. The molecule has 0 spiro atoms. The van der Waals surface area contributed by atoms with Gasteiger partial charge in [-0.25, -0.2) is 9.97 Å². The molecule has 72 valence electrons. The molecule has 13 heavy (non-hydrogen) atoms. The predicted octanol–water partition coefficient (Wildman–Crippen LogP) is 2.45. The molecule has 0 amide bonds. The first kappa shape index (κ1) is 9.95. The number of hydrogen-bond donors (Lipinski definition) is 0. The maximum absolute atomic E-state index is 12.0. The van der Waals surface area contributed by atoms with Gasteiger partial charge in [0, 0.05) is 12.4 Å². The maximum Gasteiger partial charge on any atom is 0.451 e. The highest BCUT2D eigenvalue weighted by atomic mass is 19.4. The van der Waals surface area contributed by atoms with Crippen molar-refractivity contribution in [3.05, 3.63) is 23.8 Å². The molecule has 1 aromatic rings. The van der Waals surface area contributed by atoms with Crippen LogP contribution in [0.15, 0.2) is 12.4 Å². The van der Waals surface area contributed by atoms with E-state index in [2.05, 4.69) is 9.97 Å². The smallest absolute Gasteiger partial charge is 0.233 e. The normalized spacial score (nSPS) is 11.7. The van der Waals surface area contributed by atoms with Crippen LogP contribution in [-0.4, -0.2) is 9.97 Å². The monoisotopic (exact) mass is 190 g/mol. The molecular formula is C8H9F3N2. The molecule has 1 rings (SSSR count). The molecule has 0 bridgehead atoms. The summed E-state index contributed by atoms with van der Waals surface area (Å²) in [6.07, 6.45) is -0.420. The molecule has 1 heterocycles. The van der Waals surface area contributed by atoms with Crippen molar-refractivity contribution in [1.82, 2.24) is 9.97 Å². The number of alkyl halides is 3. The molecule has 0 N–H and O–H groups in total. The minimum atomic E-state index is -4.44. The molecule has 0 saturated carbocycles. The van der Waals surface area contributed by atoms with E-state index in [9.17, 15) is 13.2 Å². The van der Waals surface area contributed by atoms with Crippen LogP contribution >= 0.6 is 0 Å². The van der Waals surface area contributed by atoms with Crippen LogP contribution in [0, 0.1) is 0 Å². The van der Waals surface area contributed by atoms with Crippen LogP contribution in [0.1, 0.15) is 24.7 Å². The third-order valence-corrected chi connectivity index (χ3v) is 1.50. The minimum absolute atomic E-state index is 0.706. The molecule has 2 nitrogen and oxygen atoms in total. The summed E-state index contributed by atoms with van der Waals surface area (Å²) < 4.78 is 35.9. The molecule has 0 unspecified atom stereocenters. The van der Waals surface area contributed by atoms with Crippen LogP contribution in [0.25, 0.3) is 0 Å². The van der Waals surface area contributed by atoms with Gasteiger partial charge in [-0.1, -0.05) is 13.3 Å². The zero-order chi connectivity index (χ0) is 9.90. The second-order valence-corrected chi connectivity index (χ2v) is 2.66. The van der Waals surface area contributed by atoms with Crippen molar-refractivity contribution in [2.24, 2.45) is 0 Å². The summed E-state index contributed by atoms with van der Waals surface area (Å²) in [7, 11) is 0. The lowest BCUT2D eigenvalue weighted by Gasteiger charge is -2.04. The Morgan fingerprint density at radius 1 is 1.23 bits per heavy atom. The Labute approximate surface area is 73.8 Å². The minimum Gasteiger partial charge on any atom is -0.233 e. The van der Waals surface area contributed by atoms with Crippen LogP contribution in [0.3, 0.4) is 0 Å². The van der Waals surface area contributed by atoms with Crippen molar-refractivity contribution < 1.29 is 13.2 Å². The molecule has 0 aliphatic heterocycles. The van der Waals surface area contributed by atoms with Gasteiger partial charge in [-0.15, -0.1) is 0 Å². The Balaban J connectivity index is 2.81. The number of aryl methyl sites for hydroxylation is 1. The van der Waals surface area contributed by atoms with Crippen LogP contribution in [0.4, 0.5) is 13.2 Å². The molecule has 5 heteroatoms. The standard InChI is InChI=1S/C8H9F3N2/c1-2-3-6-4-12-7(13-5-6)8(9,10)11/h4-5H,2-3H2,1H3. The van der Waals surface area contributed by atoms with E-state index < -0.39 is 12.0 Å². The van der Waals surface area contributed by atoms with Crippen molar-refractivity contribution in [1.29, 1.82) is 0 Å². The topological polar surface area (TPSA) is 25.8 Å². The van der Waals surface area contributed by atoms with E-state index in [-0.39, 0.29) is 0 Å². The summed E-state index contributed by atoms with van der Waals surface area (Å²) in [6, 6.07) is 0. The third-order valence-electron chi connectivity index (χ3n) is 1.50. The lowest BCUT2D eigenvalue weighted by atomic mass is 10.2. The Bertz CT molecular complexity index is 266. The number of rotatable bonds is 2. The fourth-order valence-corrected chi connectivity index (χ4v) is 0.919. The van der Waals surface area contributed by atoms with Crippen molar-refractivity contribution in [3.8, 4) is 0 Å². The van der Waals surface area contributed by atoms with Gasteiger partial charge in [-0.2, -0.15) is 13.2 Å². The Kier molecular flexibility index (Phi) is 2.85. The highest BCUT2D eigenvalue weighted by Gasteiger charge is 2.34. The summed E-state index contributed by atoms with van der Waals surface area (Å²) in [5.74, 6) is -1.08. The number of hydrogen-bond acceptors (Lipinski definition) is 2. The van der Waals surface area contributed by atoms with E-state index in [4.69, 9.17) is 0 Å². The summed E-state index contributed by atoms with van der Waals surface area (Å²) in [6.45, 7) is 1.94. The van der Waals surface area contributed by atoms with Gasteiger partial charge < -0.3 is 0 Å². The number of halogens is 3. The summed E-state index contributed by atoms with van der Waals surface area (Å²) in [5.41, 5.74) is 0.732. The summed E-state index contributed by atoms with van der Waals surface area (Å²) >= 11 is 0. The lowest BCUT2D eigenvalue weighted by molar-refractivity contribution is -0.145. The van der Waals surface area contributed by atoms with Gasteiger partial charge in [0.1, 0.15) is 0 Å². The predicted molar refractivity (Wildman–Crippen MR) is 41.0 cm³/mol. The first-order chi connectivity index (χ1) is 6.04. The van der Waals surface area contributed by atoms with Crippen LogP contribution in [0.5, 0.6) is 0 Å². The SMILES string of the molecule is CCCc1cnc(C(F)(F)F)nc1. The van der Waals surface area contributed by atoms with E-state index >= 15 is 0 Å². The van der Waals surface area contributed by atoms with E-state index in [1.165, 1.54) is 12.4 Å². The van der Waals surface area contributed by atoms with Gasteiger partial charge in [0.25, 0.3) is 0 Å².